The Morgan fingerprint density at radius 3 is 2.19 bits per heavy atom. The van der Waals surface area contributed by atoms with Crippen molar-refractivity contribution in [2.75, 3.05) is 5.32 Å². The number of fused-ring (bicyclic) bond motifs is 3. The second-order valence-electron chi connectivity index (χ2n) is 10.3. The number of hydrogen-bond acceptors (Lipinski definition) is 6. The lowest BCUT2D eigenvalue weighted by Crippen LogP contribution is -2.11. The van der Waals surface area contributed by atoms with E-state index in [2.05, 4.69) is 62.4 Å². The molecule has 0 fully saturated rings. The van der Waals surface area contributed by atoms with Gasteiger partial charge in [-0.3, -0.25) is 0 Å². The normalized spacial score (nSPS) is 12.5. The van der Waals surface area contributed by atoms with E-state index in [1.165, 1.54) is 10.1 Å². The fourth-order valence-corrected chi connectivity index (χ4v) is 5.38. The summed E-state index contributed by atoms with van der Waals surface area (Å²) in [5.41, 5.74) is 3.94. The number of para-hydroxylation sites is 1. The zero-order valence-corrected chi connectivity index (χ0v) is 21.8. The first-order chi connectivity index (χ1) is 17.1. The molecule has 0 aliphatic rings. The van der Waals surface area contributed by atoms with E-state index in [1.54, 1.807) is 12.1 Å². The molecule has 5 rings (SSSR count). The first-order valence-electron chi connectivity index (χ1n) is 11.9. The van der Waals surface area contributed by atoms with Crippen molar-refractivity contribution in [3.8, 4) is 0 Å². The smallest absolute Gasteiger partial charge is 0.229 e. The zero-order valence-electron chi connectivity index (χ0n) is 21.0. The van der Waals surface area contributed by atoms with Crippen LogP contribution < -0.4 is 5.32 Å². The van der Waals surface area contributed by atoms with Gasteiger partial charge in [0.2, 0.25) is 14.9 Å². The molecule has 1 N–H and O–H groups in total. The highest BCUT2D eigenvalue weighted by Crippen LogP contribution is 2.31. The highest BCUT2D eigenvalue weighted by atomic mass is 32.2. The Kier molecular flexibility index (Phi) is 5.79. The number of nitrogens with zero attached hydrogens (tertiary/aromatic N) is 4. The highest BCUT2D eigenvalue weighted by molar-refractivity contribution is 7.91. The molecule has 2 aromatic heterocycles. The number of rotatable bonds is 5. The van der Waals surface area contributed by atoms with Gasteiger partial charge in [0, 0.05) is 11.1 Å². The topological polar surface area (TPSA) is 89.2 Å². The van der Waals surface area contributed by atoms with Crippen LogP contribution in [-0.4, -0.2) is 28.2 Å². The van der Waals surface area contributed by atoms with Gasteiger partial charge < -0.3 is 5.32 Å². The van der Waals surface area contributed by atoms with Gasteiger partial charge in [-0.2, -0.15) is 4.52 Å². The third kappa shape index (κ3) is 4.22. The number of sulfone groups is 1. The molecule has 0 unspecified atom stereocenters. The molecule has 184 valence electrons. The number of anilines is 2. The molecule has 36 heavy (non-hydrogen) atoms. The predicted octanol–water partition coefficient (Wildman–Crippen LogP) is 6.27. The van der Waals surface area contributed by atoms with E-state index in [9.17, 15) is 8.42 Å². The number of hydrogen-bond donors (Lipinski definition) is 1. The summed E-state index contributed by atoms with van der Waals surface area (Å²) in [5, 5.41) is 12.2. The quantitative estimate of drug-likeness (QED) is 0.306. The molecular weight excluding hydrogens is 470 g/mol. The van der Waals surface area contributed by atoms with Gasteiger partial charge in [0.15, 0.2) is 5.65 Å². The summed E-state index contributed by atoms with van der Waals surface area (Å²) in [4.78, 5) is 4.87. The van der Waals surface area contributed by atoms with E-state index in [-0.39, 0.29) is 21.0 Å². The number of nitrogens with one attached hydrogen (secondary N) is 1. The van der Waals surface area contributed by atoms with E-state index in [1.807, 2.05) is 48.5 Å². The molecule has 0 atom stereocenters. The first kappa shape index (κ1) is 23.9. The molecule has 0 spiro atoms. The van der Waals surface area contributed by atoms with Crippen molar-refractivity contribution in [3.63, 3.8) is 0 Å². The second-order valence-corrected chi connectivity index (χ2v) is 12.2. The summed E-state index contributed by atoms with van der Waals surface area (Å²) in [5.74, 6) is 0.967. The SMILES string of the molecule is CC(C)c1ccc(Nc2nc3c(S(=O)(=O)c4ccc(C(C)(C)C)cc4)nnn3c3ccccc23)cc1. The summed E-state index contributed by atoms with van der Waals surface area (Å²) < 4.78 is 28.7. The first-order valence-corrected chi connectivity index (χ1v) is 13.4. The zero-order chi connectivity index (χ0) is 25.7. The monoisotopic (exact) mass is 499 g/mol. The van der Waals surface area contributed by atoms with Gasteiger partial charge in [-0.1, -0.05) is 76.2 Å². The molecule has 5 aromatic rings. The van der Waals surface area contributed by atoms with Crippen LogP contribution in [0.25, 0.3) is 16.6 Å². The van der Waals surface area contributed by atoms with Crippen molar-refractivity contribution in [1.29, 1.82) is 0 Å². The predicted molar refractivity (Wildman–Crippen MR) is 143 cm³/mol. The van der Waals surface area contributed by atoms with Crippen molar-refractivity contribution in [2.45, 2.75) is 55.9 Å². The summed E-state index contributed by atoms with van der Waals surface area (Å²) in [6.45, 7) is 10.6. The second kappa shape index (κ2) is 8.71. The minimum absolute atomic E-state index is 0.0840. The van der Waals surface area contributed by atoms with Gasteiger partial charge in [0.25, 0.3) is 0 Å². The van der Waals surface area contributed by atoms with Gasteiger partial charge >= 0.3 is 0 Å². The highest BCUT2D eigenvalue weighted by Gasteiger charge is 2.27. The molecule has 0 bridgehead atoms. The van der Waals surface area contributed by atoms with Crippen LogP contribution in [0.15, 0.2) is 82.7 Å². The average molecular weight is 500 g/mol. The minimum atomic E-state index is -3.94. The van der Waals surface area contributed by atoms with Crippen LogP contribution in [-0.2, 0) is 15.3 Å². The van der Waals surface area contributed by atoms with Crippen LogP contribution >= 0.6 is 0 Å². The summed E-state index contributed by atoms with van der Waals surface area (Å²) in [6.07, 6.45) is 0. The average Bonchev–Trinajstić information content (AvgIpc) is 3.29. The van der Waals surface area contributed by atoms with Crippen molar-refractivity contribution in [3.05, 3.63) is 83.9 Å². The van der Waals surface area contributed by atoms with Crippen LogP contribution in [0, 0.1) is 0 Å². The fourth-order valence-electron chi connectivity index (χ4n) is 4.15. The van der Waals surface area contributed by atoms with E-state index in [0.717, 1.165) is 16.6 Å². The third-order valence-corrected chi connectivity index (χ3v) is 8.01. The van der Waals surface area contributed by atoms with Gasteiger partial charge in [-0.15, -0.1) is 5.10 Å². The van der Waals surface area contributed by atoms with Crippen LogP contribution in [0.4, 0.5) is 11.5 Å². The number of aromatic nitrogens is 4. The summed E-state index contributed by atoms with van der Waals surface area (Å²) in [7, 11) is -3.94. The number of benzene rings is 3. The summed E-state index contributed by atoms with van der Waals surface area (Å²) in [6, 6.07) is 22.7. The maximum Gasteiger partial charge on any atom is 0.229 e. The third-order valence-electron chi connectivity index (χ3n) is 6.35. The molecule has 3 aromatic carbocycles. The van der Waals surface area contributed by atoms with Crippen LogP contribution in [0.5, 0.6) is 0 Å². The van der Waals surface area contributed by atoms with Crippen molar-refractivity contribution < 1.29 is 8.42 Å². The van der Waals surface area contributed by atoms with Gasteiger partial charge in [-0.05, 0) is 58.9 Å². The molecule has 0 radical (unpaired) electrons. The molecule has 0 aliphatic carbocycles. The molecule has 7 nitrogen and oxygen atoms in total. The van der Waals surface area contributed by atoms with E-state index in [4.69, 9.17) is 4.98 Å². The Labute approximate surface area is 211 Å². The fraction of sp³-hybridized carbons (Fsp3) is 0.250. The van der Waals surface area contributed by atoms with E-state index >= 15 is 0 Å². The molecule has 8 heteroatoms. The summed E-state index contributed by atoms with van der Waals surface area (Å²) >= 11 is 0. The Morgan fingerprint density at radius 2 is 1.56 bits per heavy atom. The lowest BCUT2D eigenvalue weighted by Gasteiger charge is -2.19. The van der Waals surface area contributed by atoms with Gasteiger partial charge in [0.05, 0.1) is 10.4 Å². The lowest BCUT2D eigenvalue weighted by atomic mass is 9.87. The van der Waals surface area contributed by atoms with E-state index in [0.29, 0.717) is 17.3 Å². The van der Waals surface area contributed by atoms with Crippen LogP contribution in [0.1, 0.15) is 51.7 Å². The van der Waals surface area contributed by atoms with Gasteiger partial charge in [0.1, 0.15) is 5.82 Å². The van der Waals surface area contributed by atoms with Crippen molar-refractivity contribution in [2.24, 2.45) is 0 Å². The lowest BCUT2D eigenvalue weighted by molar-refractivity contribution is 0.585. The Balaban J connectivity index is 1.63. The maximum absolute atomic E-state index is 13.6. The largest absolute Gasteiger partial charge is 0.340 e. The molecular formula is C28H29N5O2S. The molecule has 0 aliphatic heterocycles. The Bertz CT molecular complexity index is 1660. The van der Waals surface area contributed by atoms with E-state index < -0.39 is 9.84 Å². The molecule has 0 saturated heterocycles. The van der Waals surface area contributed by atoms with Crippen molar-refractivity contribution in [1.82, 2.24) is 19.8 Å². The minimum Gasteiger partial charge on any atom is -0.340 e. The Morgan fingerprint density at radius 1 is 0.889 bits per heavy atom. The van der Waals surface area contributed by atoms with Gasteiger partial charge in [-0.25, -0.2) is 13.4 Å². The van der Waals surface area contributed by atoms with Crippen LogP contribution in [0.3, 0.4) is 0 Å². The molecule has 0 amide bonds. The maximum atomic E-state index is 13.6. The molecule has 0 saturated carbocycles. The molecule has 2 heterocycles. The Hall–Kier alpha value is -3.78. The van der Waals surface area contributed by atoms with Crippen LogP contribution in [0.2, 0.25) is 0 Å². The van der Waals surface area contributed by atoms with Crippen molar-refractivity contribution >= 4 is 37.9 Å². The standard InChI is InChI=1S/C28H29N5O2S/c1-18(2)19-10-14-21(15-11-19)29-25-23-8-6-7-9-24(23)33-26(30-25)27(31-32-33)36(34,35)22-16-12-20(13-17-22)28(3,4)5/h6-18H,1-5H3,(H,29,30).